The van der Waals surface area contributed by atoms with Gasteiger partial charge in [-0.25, -0.2) is 18.4 Å². The highest BCUT2D eigenvalue weighted by molar-refractivity contribution is 5.95. The number of alkyl halides is 3. The molecular weight excluding hydrogens is 419 g/mol. The van der Waals surface area contributed by atoms with Crippen LogP contribution in [0.2, 0.25) is 0 Å². The molecule has 0 radical (unpaired) electrons. The molecule has 0 aliphatic carbocycles. The second-order valence-electron chi connectivity index (χ2n) is 7.20. The van der Waals surface area contributed by atoms with Crippen molar-refractivity contribution in [3.8, 4) is 5.82 Å². The third kappa shape index (κ3) is 5.25. The van der Waals surface area contributed by atoms with Gasteiger partial charge in [0.1, 0.15) is 11.6 Å². The first-order chi connectivity index (χ1) is 14.6. The summed E-state index contributed by atoms with van der Waals surface area (Å²) in [5.74, 6) is -1.91. The number of halogens is 5. The number of nitrogens with zero attached hydrogens (tertiary/aromatic N) is 3. The van der Waals surface area contributed by atoms with Crippen LogP contribution in [0.1, 0.15) is 46.9 Å². The van der Waals surface area contributed by atoms with Crippen molar-refractivity contribution in [1.29, 1.82) is 0 Å². The van der Waals surface area contributed by atoms with Crippen molar-refractivity contribution < 1.29 is 26.7 Å². The Bertz CT molecular complexity index is 1050. The van der Waals surface area contributed by atoms with Gasteiger partial charge in [-0.1, -0.05) is 13.8 Å². The number of rotatable bonds is 6. The molecule has 0 aliphatic rings. The van der Waals surface area contributed by atoms with E-state index in [9.17, 15) is 26.7 Å². The maximum Gasteiger partial charge on any atom is 0.417 e. The van der Waals surface area contributed by atoms with Gasteiger partial charge in [0.2, 0.25) is 0 Å². The number of carbonyl (C=O) groups is 1. The molecule has 164 valence electrons. The van der Waals surface area contributed by atoms with Gasteiger partial charge in [-0.3, -0.25) is 4.79 Å². The summed E-state index contributed by atoms with van der Waals surface area (Å²) in [4.78, 5) is 16.5. The molecule has 0 saturated heterocycles. The first-order valence-electron chi connectivity index (χ1n) is 9.41. The molecule has 0 saturated carbocycles. The molecule has 0 atom stereocenters. The molecule has 0 aliphatic heterocycles. The van der Waals surface area contributed by atoms with Gasteiger partial charge >= 0.3 is 6.18 Å². The Labute approximate surface area is 174 Å². The number of aromatic nitrogens is 3. The van der Waals surface area contributed by atoms with E-state index in [0.717, 1.165) is 12.1 Å². The molecule has 1 amide bonds. The van der Waals surface area contributed by atoms with Crippen LogP contribution in [-0.4, -0.2) is 27.2 Å². The largest absolute Gasteiger partial charge is 0.417 e. The topological polar surface area (TPSA) is 59.8 Å². The Morgan fingerprint density at radius 3 is 2.32 bits per heavy atom. The number of hydrogen-bond donors (Lipinski definition) is 1. The monoisotopic (exact) mass is 438 g/mol. The summed E-state index contributed by atoms with van der Waals surface area (Å²) in [6, 6.07) is 5.21. The van der Waals surface area contributed by atoms with E-state index in [4.69, 9.17) is 0 Å². The van der Waals surface area contributed by atoms with Gasteiger partial charge in [0.05, 0.1) is 23.0 Å². The van der Waals surface area contributed by atoms with Gasteiger partial charge in [0, 0.05) is 18.8 Å². The molecular formula is C21H19F5N4O. The molecule has 0 unspecified atom stereocenters. The Balaban J connectivity index is 1.77. The summed E-state index contributed by atoms with van der Waals surface area (Å²) in [7, 11) is 0. The molecule has 31 heavy (non-hydrogen) atoms. The number of nitrogens with one attached hydrogen (secondary N) is 1. The van der Waals surface area contributed by atoms with Crippen LogP contribution in [0.3, 0.4) is 0 Å². The lowest BCUT2D eigenvalue weighted by molar-refractivity contribution is -0.137. The van der Waals surface area contributed by atoms with Crippen LogP contribution in [-0.2, 0) is 12.6 Å². The van der Waals surface area contributed by atoms with E-state index in [-0.39, 0.29) is 30.3 Å². The molecule has 3 rings (SSSR count). The molecule has 0 bridgehead atoms. The van der Waals surface area contributed by atoms with Crippen LogP contribution >= 0.6 is 0 Å². The normalized spacial score (nSPS) is 11.7. The number of benzene rings is 1. The lowest BCUT2D eigenvalue weighted by Gasteiger charge is -2.13. The highest BCUT2D eigenvalue weighted by Crippen LogP contribution is 2.29. The SMILES string of the molecule is CC(C)c1c(C(=O)NCCc2cc(F)cc(F)c2)cnn1-c1ccc(C(F)(F)F)cn1. The summed E-state index contributed by atoms with van der Waals surface area (Å²) < 4.78 is 66.2. The highest BCUT2D eigenvalue weighted by atomic mass is 19.4. The molecule has 5 nitrogen and oxygen atoms in total. The summed E-state index contributed by atoms with van der Waals surface area (Å²) in [5, 5.41) is 6.79. The molecule has 0 spiro atoms. The molecule has 10 heteroatoms. The van der Waals surface area contributed by atoms with E-state index in [1.807, 2.05) is 13.8 Å². The first kappa shape index (κ1) is 22.4. The summed E-state index contributed by atoms with van der Waals surface area (Å²) in [5.41, 5.74) is 0.219. The van der Waals surface area contributed by atoms with E-state index in [2.05, 4.69) is 15.4 Å². The van der Waals surface area contributed by atoms with Gasteiger partial charge in [0.15, 0.2) is 5.82 Å². The van der Waals surface area contributed by atoms with Crippen molar-refractivity contribution in [3.05, 3.63) is 76.7 Å². The van der Waals surface area contributed by atoms with Crippen molar-refractivity contribution in [2.45, 2.75) is 32.4 Å². The fourth-order valence-corrected chi connectivity index (χ4v) is 3.12. The predicted molar refractivity (Wildman–Crippen MR) is 103 cm³/mol. The fraction of sp³-hybridized carbons (Fsp3) is 0.286. The van der Waals surface area contributed by atoms with Crippen molar-refractivity contribution in [3.63, 3.8) is 0 Å². The second kappa shape index (κ2) is 8.83. The average molecular weight is 438 g/mol. The van der Waals surface area contributed by atoms with Crippen LogP contribution in [0.4, 0.5) is 22.0 Å². The highest BCUT2D eigenvalue weighted by Gasteiger charge is 2.31. The van der Waals surface area contributed by atoms with Crippen LogP contribution in [0, 0.1) is 11.6 Å². The quantitative estimate of drug-likeness (QED) is 0.570. The summed E-state index contributed by atoms with van der Waals surface area (Å²) in [6.07, 6.45) is -2.27. The van der Waals surface area contributed by atoms with Gasteiger partial charge in [0.25, 0.3) is 5.91 Å². The van der Waals surface area contributed by atoms with Crippen LogP contribution in [0.5, 0.6) is 0 Å². The van der Waals surface area contributed by atoms with E-state index in [0.29, 0.717) is 17.5 Å². The van der Waals surface area contributed by atoms with Crippen molar-refractivity contribution in [2.75, 3.05) is 6.54 Å². The third-order valence-electron chi connectivity index (χ3n) is 4.51. The van der Waals surface area contributed by atoms with Crippen molar-refractivity contribution in [2.24, 2.45) is 0 Å². The maximum absolute atomic E-state index is 13.3. The van der Waals surface area contributed by atoms with Gasteiger partial charge in [-0.2, -0.15) is 18.3 Å². The Hall–Kier alpha value is -3.30. The van der Waals surface area contributed by atoms with Crippen molar-refractivity contribution in [1.82, 2.24) is 20.1 Å². The maximum atomic E-state index is 13.3. The minimum Gasteiger partial charge on any atom is -0.352 e. The van der Waals surface area contributed by atoms with Crippen molar-refractivity contribution >= 4 is 5.91 Å². The average Bonchev–Trinajstić information content (AvgIpc) is 3.12. The zero-order chi connectivity index (χ0) is 22.8. The van der Waals surface area contributed by atoms with Gasteiger partial charge in [-0.05, 0) is 42.2 Å². The van der Waals surface area contributed by atoms with E-state index in [1.165, 1.54) is 29.1 Å². The first-order valence-corrected chi connectivity index (χ1v) is 9.41. The van der Waals surface area contributed by atoms with E-state index < -0.39 is 29.3 Å². The fourth-order valence-electron chi connectivity index (χ4n) is 3.12. The third-order valence-corrected chi connectivity index (χ3v) is 4.51. The molecule has 1 aromatic carbocycles. The Morgan fingerprint density at radius 1 is 1.10 bits per heavy atom. The van der Waals surface area contributed by atoms with Crippen LogP contribution in [0.25, 0.3) is 5.82 Å². The zero-order valence-corrected chi connectivity index (χ0v) is 16.7. The van der Waals surface area contributed by atoms with Gasteiger partial charge in [-0.15, -0.1) is 0 Å². The van der Waals surface area contributed by atoms with E-state index >= 15 is 0 Å². The molecule has 3 aromatic rings. The van der Waals surface area contributed by atoms with E-state index in [1.54, 1.807) is 0 Å². The lowest BCUT2D eigenvalue weighted by atomic mass is 10.1. The second-order valence-corrected chi connectivity index (χ2v) is 7.20. The predicted octanol–water partition coefficient (Wildman–Crippen LogP) is 4.66. The summed E-state index contributed by atoms with van der Waals surface area (Å²) in [6.45, 7) is 3.75. The van der Waals surface area contributed by atoms with Crippen LogP contribution < -0.4 is 5.32 Å². The zero-order valence-electron chi connectivity index (χ0n) is 16.7. The Morgan fingerprint density at radius 2 is 1.77 bits per heavy atom. The minimum absolute atomic E-state index is 0.128. The number of carbonyl (C=O) groups excluding carboxylic acids is 1. The standard InChI is InChI=1S/C21H19F5N4O/c1-12(2)19-17(20(31)27-6-5-13-7-15(22)9-16(23)8-13)11-29-30(19)18-4-3-14(10-28-18)21(24,25)26/h3-4,7-12H,5-6H2,1-2H3,(H,27,31). The molecule has 2 heterocycles. The number of amides is 1. The smallest absolute Gasteiger partial charge is 0.352 e. The minimum atomic E-state index is -4.51. The molecule has 0 fully saturated rings. The number of hydrogen-bond acceptors (Lipinski definition) is 3. The number of pyridine rings is 1. The summed E-state index contributed by atoms with van der Waals surface area (Å²) >= 11 is 0. The molecule has 1 N–H and O–H groups in total. The molecule has 2 aromatic heterocycles. The Kier molecular flexibility index (Phi) is 6.37. The van der Waals surface area contributed by atoms with Gasteiger partial charge < -0.3 is 5.32 Å². The van der Waals surface area contributed by atoms with Crippen LogP contribution in [0.15, 0.2) is 42.7 Å². The lowest BCUT2D eigenvalue weighted by Crippen LogP contribution is -2.27.